The molecule has 0 fully saturated rings. The Morgan fingerprint density at radius 2 is 2.64 bits per heavy atom. The summed E-state index contributed by atoms with van der Waals surface area (Å²) in [6, 6.07) is 0. The van der Waals surface area contributed by atoms with E-state index in [1.165, 1.54) is 0 Å². The van der Waals surface area contributed by atoms with Crippen molar-refractivity contribution < 1.29 is 4.79 Å². The molecule has 1 aromatic heterocycles. The molecule has 1 unspecified atom stereocenters. The molecular formula is C6H9N3OS. The lowest BCUT2D eigenvalue weighted by atomic mass is 10.3. The number of hydrogen-bond acceptors (Lipinski definition) is 3. The maximum absolute atomic E-state index is 10.5. The first-order valence-corrected chi connectivity index (χ1v) is 3.67. The molecule has 0 aliphatic heterocycles. The van der Waals surface area contributed by atoms with Crippen molar-refractivity contribution in [2.75, 3.05) is 0 Å². The molecule has 0 saturated heterocycles. The molecule has 3 N–H and O–H groups in total. The second kappa shape index (κ2) is 3.43. The summed E-state index contributed by atoms with van der Waals surface area (Å²) in [6.45, 7) is 0. The van der Waals surface area contributed by atoms with Crippen LogP contribution in [0.15, 0.2) is 12.4 Å². The fraction of sp³-hybridized carbons (Fsp3) is 0.333. The van der Waals surface area contributed by atoms with Crippen LogP contribution in [0.4, 0.5) is 0 Å². The summed E-state index contributed by atoms with van der Waals surface area (Å²) < 4.78 is 0. The highest BCUT2D eigenvalue weighted by atomic mass is 32.1. The van der Waals surface area contributed by atoms with E-state index >= 15 is 0 Å². The number of nitrogens with zero attached hydrogens (tertiary/aromatic N) is 1. The SMILES string of the molecule is NC(=O)C(S)Cc1ncc[nH]1. The van der Waals surface area contributed by atoms with Gasteiger partial charge in [0.15, 0.2) is 0 Å². The molecule has 0 aliphatic carbocycles. The van der Waals surface area contributed by atoms with E-state index in [4.69, 9.17) is 5.73 Å². The van der Waals surface area contributed by atoms with Gasteiger partial charge in [-0.15, -0.1) is 0 Å². The molecule has 1 amide bonds. The van der Waals surface area contributed by atoms with Crippen molar-refractivity contribution in [3.8, 4) is 0 Å². The van der Waals surface area contributed by atoms with Crippen molar-refractivity contribution in [1.82, 2.24) is 9.97 Å². The third-order valence-corrected chi connectivity index (χ3v) is 1.71. The van der Waals surface area contributed by atoms with Crippen molar-refractivity contribution in [2.45, 2.75) is 11.7 Å². The number of nitrogens with two attached hydrogens (primary N) is 1. The van der Waals surface area contributed by atoms with Gasteiger partial charge in [-0.25, -0.2) is 4.98 Å². The number of aromatic nitrogens is 2. The molecule has 1 atom stereocenters. The summed E-state index contributed by atoms with van der Waals surface area (Å²) in [5.74, 6) is 0.300. The van der Waals surface area contributed by atoms with Crippen molar-refractivity contribution in [3.05, 3.63) is 18.2 Å². The number of thiol groups is 1. The molecule has 0 saturated carbocycles. The van der Waals surface area contributed by atoms with E-state index in [1.54, 1.807) is 12.4 Å². The Balaban J connectivity index is 2.50. The van der Waals surface area contributed by atoms with Crippen LogP contribution in [0, 0.1) is 0 Å². The predicted molar refractivity (Wildman–Crippen MR) is 44.3 cm³/mol. The Bertz CT molecular complexity index is 234. The van der Waals surface area contributed by atoms with Crippen molar-refractivity contribution in [3.63, 3.8) is 0 Å². The van der Waals surface area contributed by atoms with Crippen molar-refractivity contribution in [2.24, 2.45) is 5.73 Å². The van der Waals surface area contributed by atoms with Gasteiger partial charge in [0.1, 0.15) is 5.82 Å². The van der Waals surface area contributed by atoms with Gasteiger partial charge in [0, 0.05) is 18.8 Å². The molecular weight excluding hydrogens is 162 g/mol. The molecule has 1 heterocycles. The first-order chi connectivity index (χ1) is 5.20. The first-order valence-electron chi connectivity index (χ1n) is 3.16. The average Bonchev–Trinajstić information content (AvgIpc) is 2.39. The van der Waals surface area contributed by atoms with E-state index in [1.807, 2.05) is 0 Å². The molecule has 60 valence electrons. The molecule has 0 bridgehead atoms. The van der Waals surface area contributed by atoms with Crippen LogP contribution in [0.3, 0.4) is 0 Å². The maximum atomic E-state index is 10.5. The zero-order chi connectivity index (χ0) is 8.27. The highest BCUT2D eigenvalue weighted by Crippen LogP contribution is 2.01. The lowest BCUT2D eigenvalue weighted by Gasteiger charge is -2.01. The molecule has 11 heavy (non-hydrogen) atoms. The number of imidazole rings is 1. The van der Waals surface area contributed by atoms with Gasteiger partial charge in [-0.3, -0.25) is 4.79 Å². The number of hydrogen-bond donors (Lipinski definition) is 3. The van der Waals surface area contributed by atoms with Crippen LogP contribution >= 0.6 is 12.6 Å². The van der Waals surface area contributed by atoms with Gasteiger partial charge in [-0.1, -0.05) is 0 Å². The zero-order valence-corrected chi connectivity index (χ0v) is 6.71. The number of aromatic amines is 1. The van der Waals surface area contributed by atoms with Crippen LogP contribution in [-0.2, 0) is 11.2 Å². The maximum Gasteiger partial charge on any atom is 0.230 e. The van der Waals surface area contributed by atoms with Gasteiger partial charge in [0.2, 0.25) is 5.91 Å². The Morgan fingerprint density at radius 3 is 3.09 bits per heavy atom. The van der Waals surface area contributed by atoms with Crippen LogP contribution in [0.5, 0.6) is 0 Å². The molecule has 0 aliphatic rings. The summed E-state index contributed by atoms with van der Waals surface area (Å²) in [4.78, 5) is 17.3. The summed E-state index contributed by atoms with van der Waals surface area (Å²) in [5.41, 5.74) is 5.00. The predicted octanol–water partition coefficient (Wildman–Crippen LogP) is -0.264. The Morgan fingerprint density at radius 1 is 1.91 bits per heavy atom. The van der Waals surface area contributed by atoms with Crippen LogP contribution < -0.4 is 5.73 Å². The second-order valence-corrected chi connectivity index (χ2v) is 2.78. The van der Waals surface area contributed by atoms with Gasteiger partial charge in [-0.2, -0.15) is 12.6 Å². The van der Waals surface area contributed by atoms with E-state index in [-0.39, 0.29) is 0 Å². The van der Waals surface area contributed by atoms with E-state index in [2.05, 4.69) is 22.6 Å². The van der Waals surface area contributed by atoms with Gasteiger partial charge in [0.05, 0.1) is 5.25 Å². The van der Waals surface area contributed by atoms with Gasteiger partial charge in [0.25, 0.3) is 0 Å². The summed E-state index contributed by atoms with van der Waals surface area (Å²) >= 11 is 3.98. The van der Waals surface area contributed by atoms with E-state index in [9.17, 15) is 4.79 Å². The van der Waals surface area contributed by atoms with Gasteiger partial charge >= 0.3 is 0 Å². The van der Waals surface area contributed by atoms with Crippen LogP contribution in [-0.4, -0.2) is 21.1 Å². The molecule has 0 spiro atoms. The Hall–Kier alpha value is -0.970. The largest absolute Gasteiger partial charge is 0.369 e. The minimum atomic E-state index is -0.457. The summed E-state index contributed by atoms with van der Waals surface area (Å²) in [6.07, 6.45) is 3.76. The topological polar surface area (TPSA) is 71.8 Å². The van der Waals surface area contributed by atoms with Gasteiger partial charge < -0.3 is 10.7 Å². The minimum absolute atomic E-state index is 0.426. The number of primary amides is 1. The average molecular weight is 171 g/mol. The smallest absolute Gasteiger partial charge is 0.230 e. The standard InChI is InChI=1S/C6H9N3OS/c7-6(10)4(11)3-5-8-1-2-9-5/h1-2,4,11H,3H2,(H2,7,10)(H,8,9). The van der Waals surface area contributed by atoms with Crippen LogP contribution in [0.2, 0.25) is 0 Å². The lowest BCUT2D eigenvalue weighted by Crippen LogP contribution is -2.25. The highest BCUT2D eigenvalue weighted by molar-refractivity contribution is 7.81. The summed E-state index contributed by atoms with van der Waals surface area (Å²) in [5, 5.41) is -0.457. The van der Waals surface area contributed by atoms with Crippen molar-refractivity contribution >= 4 is 18.5 Å². The molecule has 5 heteroatoms. The molecule has 1 rings (SSSR count). The molecule has 0 radical (unpaired) electrons. The third kappa shape index (κ3) is 2.27. The number of nitrogens with one attached hydrogen (secondary N) is 1. The van der Waals surface area contributed by atoms with Crippen LogP contribution in [0.1, 0.15) is 5.82 Å². The van der Waals surface area contributed by atoms with Gasteiger partial charge in [-0.05, 0) is 0 Å². The fourth-order valence-electron chi connectivity index (χ4n) is 0.693. The third-order valence-electron chi connectivity index (χ3n) is 1.27. The molecule has 4 nitrogen and oxygen atoms in total. The number of carbonyl (C=O) groups is 1. The number of H-pyrrole nitrogens is 1. The van der Waals surface area contributed by atoms with Crippen molar-refractivity contribution in [1.29, 1.82) is 0 Å². The van der Waals surface area contributed by atoms with E-state index in [0.717, 1.165) is 5.82 Å². The number of carbonyl (C=O) groups excluding carboxylic acids is 1. The van der Waals surface area contributed by atoms with E-state index < -0.39 is 11.2 Å². The second-order valence-electron chi connectivity index (χ2n) is 2.16. The normalized spacial score (nSPS) is 12.8. The number of rotatable bonds is 3. The number of amides is 1. The summed E-state index contributed by atoms with van der Waals surface area (Å²) in [7, 11) is 0. The lowest BCUT2D eigenvalue weighted by molar-refractivity contribution is -0.117. The minimum Gasteiger partial charge on any atom is -0.369 e. The Kier molecular flexibility index (Phi) is 2.53. The fourth-order valence-corrected chi connectivity index (χ4v) is 0.866. The molecule has 0 aromatic carbocycles. The quantitative estimate of drug-likeness (QED) is 0.548. The Labute approximate surface area is 69.6 Å². The monoisotopic (exact) mass is 171 g/mol. The van der Waals surface area contributed by atoms with Crippen LogP contribution in [0.25, 0.3) is 0 Å². The van der Waals surface area contributed by atoms with E-state index in [0.29, 0.717) is 6.42 Å². The highest BCUT2D eigenvalue weighted by Gasteiger charge is 2.11. The zero-order valence-electron chi connectivity index (χ0n) is 5.82. The molecule has 1 aromatic rings. The first kappa shape index (κ1) is 8.13.